The summed E-state index contributed by atoms with van der Waals surface area (Å²) in [5.74, 6) is 3.33. The SMILES string of the molecule is Cc1nc(N(C)C2CCSC2)ncc1CNC1CC1. The zero-order valence-corrected chi connectivity index (χ0v) is 12.5. The summed E-state index contributed by atoms with van der Waals surface area (Å²) in [7, 11) is 2.12. The quantitative estimate of drug-likeness (QED) is 0.892. The smallest absolute Gasteiger partial charge is 0.225 e. The standard InChI is InChI=1S/C14H22N4S/c1-10-11(7-15-12-3-4-12)8-16-14(17-10)18(2)13-5-6-19-9-13/h8,12-13,15H,3-7,9H2,1-2H3. The van der Waals surface area contributed by atoms with Gasteiger partial charge in [-0.15, -0.1) is 0 Å². The fourth-order valence-electron chi connectivity index (χ4n) is 2.36. The van der Waals surface area contributed by atoms with Crippen molar-refractivity contribution in [2.45, 2.75) is 44.8 Å². The van der Waals surface area contributed by atoms with Crippen molar-refractivity contribution in [2.24, 2.45) is 0 Å². The van der Waals surface area contributed by atoms with Gasteiger partial charge in [0.15, 0.2) is 0 Å². The van der Waals surface area contributed by atoms with Crippen LogP contribution in [0.15, 0.2) is 6.20 Å². The van der Waals surface area contributed by atoms with Crippen LogP contribution in [0.2, 0.25) is 0 Å². The predicted molar refractivity (Wildman–Crippen MR) is 80.8 cm³/mol. The number of anilines is 1. The van der Waals surface area contributed by atoms with Crippen molar-refractivity contribution in [2.75, 3.05) is 23.5 Å². The second kappa shape index (κ2) is 5.67. The molecule has 1 atom stereocenters. The lowest BCUT2D eigenvalue weighted by Crippen LogP contribution is -2.33. The zero-order chi connectivity index (χ0) is 13.2. The molecule has 0 aromatic carbocycles. The van der Waals surface area contributed by atoms with Crippen LogP contribution in [-0.4, -0.2) is 40.6 Å². The fourth-order valence-corrected chi connectivity index (χ4v) is 3.62. The fraction of sp³-hybridized carbons (Fsp3) is 0.714. The van der Waals surface area contributed by atoms with Crippen LogP contribution in [0.4, 0.5) is 5.95 Å². The molecule has 0 bridgehead atoms. The molecular formula is C14H22N4S. The lowest BCUT2D eigenvalue weighted by Gasteiger charge is -2.24. The van der Waals surface area contributed by atoms with Crippen molar-refractivity contribution >= 4 is 17.7 Å². The number of thioether (sulfide) groups is 1. The molecule has 1 N–H and O–H groups in total. The highest BCUT2D eigenvalue weighted by molar-refractivity contribution is 7.99. The van der Waals surface area contributed by atoms with Crippen molar-refractivity contribution in [1.29, 1.82) is 0 Å². The molecule has 1 aliphatic carbocycles. The number of nitrogens with one attached hydrogen (secondary N) is 1. The number of rotatable bonds is 5. The molecule has 2 fully saturated rings. The monoisotopic (exact) mass is 278 g/mol. The van der Waals surface area contributed by atoms with Gasteiger partial charge in [-0.2, -0.15) is 11.8 Å². The summed E-state index contributed by atoms with van der Waals surface area (Å²) in [5.41, 5.74) is 2.33. The summed E-state index contributed by atoms with van der Waals surface area (Å²) in [4.78, 5) is 11.5. The average Bonchev–Trinajstić information content (AvgIpc) is 3.08. The van der Waals surface area contributed by atoms with Crippen LogP contribution in [-0.2, 0) is 6.54 Å². The maximum absolute atomic E-state index is 4.68. The van der Waals surface area contributed by atoms with Gasteiger partial charge in [-0.25, -0.2) is 9.97 Å². The molecule has 4 nitrogen and oxygen atoms in total. The minimum atomic E-state index is 0.597. The van der Waals surface area contributed by atoms with Gasteiger partial charge in [-0.3, -0.25) is 0 Å². The van der Waals surface area contributed by atoms with Gasteiger partial charge >= 0.3 is 0 Å². The van der Waals surface area contributed by atoms with E-state index in [0.717, 1.165) is 24.2 Å². The Morgan fingerprint density at radius 3 is 2.89 bits per heavy atom. The van der Waals surface area contributed by atoms with Gasteiger partial charge in [0.25, 0.3) is 0 Å². The summed E-state index contributed by atoms with van der Waals surface area (Å²) >= 11 is 2.02. The second-order valence-corrected chi connectivity index (χ2v) is 6.71. The van der Waals surface area contributed by atoms with Gasteiger partial charge in [0.2, 0.25) is 5.95 Å². The van der Waals surface area contributed by atoms with Crippen molar-refractivity contribution in [1.82, 2.24) is 15.3 Å². The Morgan fingerprint density at radius 2 is 2.26 bits per heavy atom. The topological polar surface area (TPSA) is 41.1 Å². The maximum atomic E-state index is 4.68. The van der Waals surface area contributed by atoms with E-state index < -0.39 is 0 Å². The first kappa shape index (κ1) is 13.2. The summed E-state index contributed by atoms with van der Waals surface area (Å²) in [6.45, 7) is 2.99. The Morgan fingerprint density at radius 1 is 1.42 bits per heavy atom. The summed E-state index contributed by atoms with van der Waals surface area (Å²) in [6.07, 6.45) is 5.88. The van der Waals surface area contributed by atoms with Crippen molar-refractivity contribution in [3.8, 4) is 0 Å². The molecule has 2 heterocycles. The Bertz CT molecular complexity index is 441. The number of hydrogen-bond donors (Lipinski definition) is 1. The van der Waals surface area contributed by atoms with E-state index >= 15 is 0 Å². The van der Waals surface area contributed by atoms with Crippen LogP contribution in [0.5, 0.6) is 0 Å². The minimum absolute atomic E-state index is 0.597. The van der Waals surface area contributed by atoms with E-state index in [-0.39, 0.29) is 0 Å². The molecule has 104 valence electrons. The highest BCUT2D eigenvalue weighted by Gasteiger charge is 2.23. The molecule has 0 spiro atoms. The van der Waals surface area contributed by atoms with E-state index in [1.807, 2.05) is 18.0 Å². The van der Waals surface area contributed by atoms with E-state index in [1.165, 1.54) is 36.3 Å². The maximum Gasteiger partial charge on any atom is 0.225 e. The summed E-state index contributed by atoms with van der Waals surface area (Å²) in [6, 6.07) is 1.33. The molecule has 0 amide bonds. The molecule has 1 saturated carbocycles. The Labute approximate surface area is 119 Å². The van der Waals surface area contributed by atoms with Crippen molar-refractivity contribution in [3.63, 3.8) is 0 Å². The molecule has 1 saturated heterocycles. The Kier molecular flexibility index (Phi) is 3.93. The van der Waals surface area contributed by atoms with Gasteiger partial charge in [0.05, 0.1) is 0 Å². The third-order valence-electron chi connectivity index (χ3n) is 4.00. The lowest BCUT2D eigenvalue weighted by atomic mass is 10.2. The normalized spacial score (nSPS) is 22.7. The van der Waals surface area contributed by atoms with Crippen LogP contribution in [0.25, 0.3) is 0 Å². The summed E-state index contributed by atoms with van der Waals surface area (Å²) in [5, 5.41) is 3.52. The number of nitrogens with zero attached hydrogens (tertiary/aromatic N) is 3. The molecular weight excluding hydrogens is 256 g/mol. The van der Waals surface area contributed by atoms with Gasteiger partial charge in [-0.05, 0) is 31.9 Å². The molecule has 5 heteroatoms. The number of aromatic nitrogens is 2. The molecule has 19 heavy (non-hydrogen) atoms. The zero-order valence-electron chi connectivity index (χ0n) is 11.7. The van der Waals surface area contributed by atoms with Gasteiger partial charge in [-0.1, -0.05) is 0 Å². The van der Waals surface area contributed by atoms with Crippen LogP contribution in [0, 0.1) is 6.92 Å². The molecule has 3 rings (SSSR count). The van der Waals surface area contributed by atoms with Crippen molar-refractivity contribution in [3.05, 3.63) is 17.5 Å². The average molecular weight is 278 g/mol. The number of aryl methyl sites for hydroxylation is 1. The van der Waals surface area contributed by atoms with Gasteiger partial charge < -0.3 is 10.2 Å². The van der Waals surface area contributed by atoms with Crippen LogP contribution >= 0.6 is 11.8 Å². The molecule has 1 aromatic rings. The first-order valence-electron chi connectivity index (χ1n) is 7.10. The highest BCUT2D eigenvalue weighted by atomic mass is 32.2. The Hall–Kier alpha value is -0.810. The molecule has 1 aliphatic heterocycles. The molecule has 1 unspecified atom stereocenters. The molecule has 2 aliphatic rings. The Balaban J connectivity index is 1.66. The second-order valence-electron chi connectivity index (χ2n) is 5.56. The van der Waals surface area contributed by atoms with E-state index in [2.05, 4.69) is 34.2 Å². The van der Waals surface area contributed by atoms with Crippen LogP contribution in [0.3, 0.4) is 0 Å². The lowest BCUT2D eigenvalue weighted by molar-refractivity contribution is 0.664. The minimum Gasteiger partial charge on any atom is -0.340 e. The van der Waals surface area contributed by atoms with Gasteiger partial charge in [0, 0.05) is 48.9 Å². The van der Waals surface area contributed by atoms with Gasteiger partial charge in [0.1, 0.15) is 0 Å². The predicted octanol–water partition coefficient (Wildman–Crippen LogP) is 1.98. The first-order valence-corrected chi connectivity index (χ1v) is 8.26. The van der Waals surface area contributed by atoms with Crippen LogP contribution in [0.1, 0.15) is 30.5 Å². The van der Waals surface area contributed by atoms with Crippen LogP contribution < -0.4 is 10.2 Å². The van der Waals surface area contributed by atoms with E-state index in [0.29, 0.717) is 6.04 Å². The molecule has 0 radical (unpaired) electrons. The van der Waals surface area contributed by atoms with Crippen molar-refractivity contribution < 1.29 is 0 Å². The first-order chi connectivity index (χ1) is 9.24. The highest BCUT2D eigenvalue weighted by Crippen LogP contribution is 2.24. The number of hydrogen-bond acceptors (Lipinski definition) is 5. The third-order valence-corrected chi connectivity index (χ3v) is 5.14. The summed E-state index contributed by atoms with van der Waals surface area (Å²) < 4.78 is 0. The third kappa shape index (κ3) is 3.20. The van der Waals surface area contributed by atoms with E-state index in [4.69, 9.17) is 0 Å². The molecule has 1 aromatic heterocycles. The van der Waals surface area contributed by atoms with E-state index in [9.17, 15) is 0 Å². The largest absolute Gasteiger partial charge is 0.340 e. The van der Waals surface area contributed by atoms with E-state index in [1.54, 1.807) is 0 Å².